The summed E-state index contributed by atoms with van der Waals surface area (Å²) >= 11 is 0. The van der Waals surface area contributed by atoms with Crippen LogP contribution >= 0.6 is 0 Å². The third-order valence-electron chi connectivity index (χ3n) is 4.45. The van der Waals surface area contributed by atoms with Crippen LogP contribution in [0.5, 0.6) is 0 Å². The molecular weight excluding hydrogens is 254 g/mol. The third-order valence-corrected chi connectivity index (χ3v) is 4.45. The lowest BCUT2D eigenvalue weighted by molar-refractivity contribution is -0.124. The summed E-state index contributed by atoms with van der Waals surface area (Å²) in [4.78, 5) is 14.0. The van der Waals surface area contributed by atoms with Crippen molar-refractivity contribution in [1.29, 1.82) is 0 Å². The number of amides is 1. The molecule has 0 aromatic rings. The van der Waals surface area contributed by atoms with Crippen LogP contribution in [0.15, 0.2) is 0 Å². The van der Waals surface area contributed by atoms with E-state index in [1.165, 1.54) is 0 Å². The minimum atomic E-state index is -0.627. The highest BCUT2D eigenvalue weighted by Gasteiger charge is 2.33. The molecule has 1 fully saturated rings. The Kier molecular flexibility index (Phi) is 6.92. The number of hydrogen-bond acceptors (Lipinski definition) is 4. The summed E-state index contributed by atoms with van der Waals surface area (Å²) in [7, 11) is 2.13. The number of nitrogens with one attached hydrogen (secondary N) is 1. The highest BCUT2D eigenvalue weighted by atomic mass is 16.5. The summed E-state index contributed by atoms with van der Waals surface area (Å²) in [6.07, 6.45) is 3.00. The van der Waals surface area contributed by atoms with Gasteiger partial charge in [-0.05, 0) is 52.6 Å². The van der Waals surface area contributed by atoms with Gasteiger partial charge >= 0.3 is 0 Å². The maximum atomic E-state index is 11.7. The van der Waals surface area contributed by atoms with Gasteiger partial charge in [0, 0.05) is 25.8 Å². The molecule has 20 heavy (non-hydrogen) atoms. The van der Waals surface area contributed by atoms with Crippen LogP contribution < -0.4 is 11.1 Å². The van der Waals surface area contributed by atoms with Gasteiger partial charge in [-0.15, -0.1) is 0 Å². The smallest absolute Gasteiger partial charge is 0.237 e. The van der Waals surface area contributed by atoms with Gasteiger partial charge in [-0.25, -0.2) is 0 Å². The minimum Gasteiger partial charge on any atom is -0.381 e. The molecule has 0 spiro atoms. The van der Waals surface area contributed by atoms with E-state index in [9.17, 15) is 4.79 Å². The van der Waals surface area contributed by atoms with Gasteiger partial charge in [0.05, 0.1) is 5.54 Å². The van der Waals surface area contributed by atoms with Crippen molar-refractivity contribution in [3.05, 3.63) is 0 Å². The molecule has 2 unspecified atom stereocenters. The van der Waals surface area contributed by atoms with Gasteiger partial charge in [-0.2, -0.15) is 0 Å². The van der Waals surface area contributed by atoms with Crippen LogP contribution in [-0.4, -0.2) is 55.7 Å². The first-order valence-electron chi connectivity index (χ1n) is 7.72. The van der Waals surface area contributed by atoms with Crippen molar-refractivity contribution in [3.63, 3.8) is 0 Å². The Morgan fingerprint density at radius 1 is 1.50 bits per heavy atom. The van der Waals surface area contributed by atoms with Crippen LogP contribution in [0.3, 0.4) is 0 Å². The van der Waals surface area contributed by atoms with Crippen molar-refractivity contribution in [2.24, 2.45) is 11.7 Å². The van der Waals surface area contributed by atoms with Crippen molar-refractivity contribution >= 4 is 5.91 Å². The fraction of sp³-hybridized carbons (Fsp3) is 0.933. The molecule has 0 aromatic heterocycles. The lowest BCUT2D eigenvalue weighted by atomic mass is 9.91. The van der Waals surface area contributed by atoms with Crippen LogP contribution in [-0.2, 0) is 9.53 Å². The van der Waals surface area contributed by atoms with Gasteiger partial charge in [0.15, 0.2) is 0 Å². The molecular formula is C15H31N3O2. The summed E-state index contributed by atoms with van der Waals surface area (Å²) in [6.45, 7) is 9.63. The lowest BCUT2D eigenvalue weighted by Crippen LogP contribution is -2.56. The minimum absolute atomic E-state index is 0.273. The first kappa shape index (κ1) is 17.4. The van der Waals surface area contributed by atoms with E-state index in [0.29, 0.717) is 12.0 Å². The summed E-state index contributed by atoms with van der Waals surface area (Å²) in [5.41, 5.74) is 4.93. The number of likely N-dealkylation sites (N-methyl/N-ethyl adjacent to an activating group) is 1. The molecule has 5 heteroatoms. The topological polar surface area (TPSA) is 67.6 Å². The lowest BCUT2D eigenvalue weighted by Gasteiger charge is -2.36. The average Bonchev–Trinajstić information content (AvgIpc) is 2.39. The first-order chi connectivity index (χ1) is 9.39. The Bertz CT molecular complexity index is 305. The van der Waals surface area contributed by atoms with Crippen LogP contribution in [0.1, 0.15) is 40.0 Å². The van der Waals surface area contributed by atoms with Crippen molar-refractivity contribution in [2.45, 2.75) is 51.6 Å². The summed E-state index contributed by atoms with van der Waals surface area (Å²) in [5, 5.41) is 3.23. The molecule has 1 heterocycles. The molecule has 3 N–H and O–H groups in total. The molecule has 1 aliphatic rings. The number of rotatable bonds is 8. The molecule has 1 rings (SSSR count). The Morgan fingerprint density at radius 3 is 2.60 bits per heavy atom. The van der Waals surface area contributed by atoms with Crippen LogP contribution in [0.4, 0.5) is 0 Å². The van der Waals surface area contributed by atoms with E-state index in [1.807, 2.05) is 13.8 Å². The average molecular weight is 285 g/mol. The van der Waals surface area contributed by atoms with E-state index >= 15 is 0 Å². The highest BCUT2D eigenvalue weighted by molar-refractivity contribution is 5.84. The maximum absolute atomic E-state index is 11.7. The van der Waals surface area contributed by atoms with E-state index in [0.717, 1.165) is 45.6 Å². The van der Waals surface area contributed by atoms with Crippen LogP contribution in [0.25, 0.3) is 0 Å². The molecule has 0 aliphatic carbocycles. The summed E-state index contributed by atoms with van der Waals surface area (Å²) in [6, 6.07) is 0.314. The second-order valence-corrected chi connectivity index (χ2v) is 6.28. The zero-order chi connectivity index (χ0) is 15.2. The molecule has 1 amide bonds. The van der Waals surface area contributed by atoms with Crippen molar-refractivity contribution in [2.75, 3.05) is 33.4 Å². The number of nitrogens with zero attached hydrogens (tertiary/aromatic N) is 1. The number of ether oxygens (including phenoxy) is 1. The van der Waals surface area contributed by atoms with Crippen LogP contribution in [0.2, 0.25) is 0 Å². The number of primary amides is 1. The molecule has 2 atom stereocenters. The predicted octanol–water partition coefficient (Wildman–Crippen LogP) is 0.977. The van der Waals surface area contributed by atoms with Crippen molar-refractivity contribution < 1.29 is 9.53 Å². The SMILES string of the molecule is CCNC(C)(CC(C)N(C)CC1CCOCC1)C(N)=O. The Balaban J connectivity index is 2.50. The van der Waals surface area contributed by atoms with Crippen molar-refractivity contribution in [1.82, 2.24) is 10.2 Å². The Hall–Kier alpha value is -0.650. The second kappa shape index (κ2) is 7.96. The van der Waals surface area contributed by atoms with Crippen LogP contribution in [0, 0.1) is 5.92 Å². The predicted molar refractivity (Wildman–Crippen MR) is 81.5 cm³/mol. The third kappa shape index (κ3) is 5.04. The Labute approximate surface area is 123 Å². The van der Waals surface area contributed by atoms with Crippen molar-refractivity contribution in [3.8, 4) is 0 Å². The second-order valence-electron chi connectivity index (χ2n) is 6.28. The molecule has 0 bridgehead atoms. The first-order valence-corrected chi connectivity index (χ1v) is 7.72. The van der Waals surface area contributed by atoms with Gasteiger partial charge < -0.3 is 20.7 Å². The van der Waals surface area contributed by atoms with Gasteiger partial charge in [0.25, 0.3) is 0 Å². The Morgan fingerprint density at radius 2 is 2.10 bits per heavy atom. The number of carbonyl (C=O) groups excluding carboxylic acids is 1. The quantitative estimate of drug-likeness (QED) is 0.697. The number of nitrogens with two attached hydrogens (primary N) is 1. The van der Waals surface area contributed by atoms with Gasteiger partial charge in [-0.3, -0.25) is 4.79 Å². The molecule has 0 saturated carbocycles. The zero-order valence-electron chi connectivity index (χ0n) is 13.4. The van der Waals surface area contributed by atoms with E-state index < -0.39 is 5.54 Å². The number of hydrogen-bond donors (Lipinski definition) is 2. The zero-order valence-corrected chi connectivity index (χ0v) is 13.4. The number of carbonyl (C=O) groups is 1. The summed E-state index contributed by atoms with van der Waals surface area (Å²) < 4.78 is 5.40. The van der Waals surface area contributed by atoms with E-state index in [2.05, 4.69) is 24.2 Å². The largest absolute Gasteiger partial charge is 0.381 e. The van der Waals surface area contributed by atoms with E-state index in [4.69, 9.17) is 10.5 Å². The van der Waals surface area contributed by atoms with Gasteiger partial charge in [0.1, 0.15) is 0 Å². The molecule has 0 aromatic carbocycles. The monoisotopic (exact) mass is 285 g/mol. The molecule has 118 valence electrons. The molecule has 1 aliphatic heterocycles. The maximum Gasteiger partial charge on any atom is 0.237 e. The summed E-state index contributed by atoms with van der Waals surface area (Å²) in [5.74, 6) is 0.431. The van der Waals surface area contributed by atoms with E-state index in [-0.39, 0.29) is 5.91 Å². The molecule has 5 nitrogen and oxygen atoms in total. The fourth-order valence-corrected chi connectivity index (χ4v) is 2.91. The van der Waals surface area contributed by atoms with Gasteiger partial charge in [0.2, 0.25) is 5.91 Å². The van der Waals surface area contributed by atoms with Gasteiger partial charge in [-0.1, -0.05) is 6.92 Å². The highest BCUT2D eigenvalue weighted by Crippen LogP contribution is 2.20. The van der Waals surface area contributed by atoms with E-state index in [1.54, 1.807) is 0 Å². The fourth-order valence-electron chi connectivity index (χ4n) is 2.91. The standard InChI is InChI=1S/C15H31N3O2/c1-5-17-15(3,14(16)19)10-12(2)18(4)11-13-6-8-20-9-7-13/h12-13,17H,5-11H2,1-4H3,(H2,16,19). The molecule has 0 radical (unpaired) electrons. The molecule has 1 saturated heterocycles. The normalized spacial score (nSPS) is 21.6.